The number of fused-ring (bicyclic) bond motifs is 2. The van der Waals surface area contributed by atoms with Crippen LogP contribution in [0.2, 0.25) is 0 Å². The predicted octanol–water partition coefficient (Wildman–Crippen LogP) is 3.85. The van der Waals surface area contributed by atoms with Crippen molar-refractivity contribution >= 4 is 34.2 Å². The standard InChI is InChI=1S/C26H22N2O4S/c1-4-31-25(30)22-16(3)27-26-28(24(29)21(33-26)14-18-13-12-15(2)32-18)23(22)20-11-7-9-17-8-5-6-10-19(17)20/h5-14,23H,4H2,1-3H3/b21-14-. The molecule has 1 aliphatic heterocycles. The minimum absolute atomic E-state index is 0.222. The van der Waals surface area contributed by atoms with E-state index in [1.165, 1.54) is 11.3 Å². The third kappa shape index (κ3) is 3.64. The highest BCUT2D eigenvalue weighted by molar-refractivity contribution is 7.07. The number of hydrogen-bond donors (Lipinski definition) is 0. The minimum Gasteiger partial charge on any atom is -0.463 e. The summed E-state index contributed by atoms with van der Waals surface area (Å²) >= 11 is 1.28. The van der Waals surface area contributed by atoms with E-state index >= 15 is 0 Å². The van der Waals surface area contributed by atoms with Gasteiger partial charge in [-0.25, -0.2) is 9.79 Å². The summed E-state index contributed by atoms with van der Waals surface area (Å²) in [7, 11) is 0. The maximum Gasteiger partial charge on any atom is 0.338 e. The second-order valence-electron chi connectivity index (χ2n) is 7.82. The van der Waals surface area contributed by atoms with Gasteiger partial charge in [-0.2, -0.15) is 0 Å². The van der Waals surface area contributed by atoms with Gasteiger partial charge in [0, 0.05) is 6.08 Å². The second kappa shape index (κ2) is 8.33. The molecule has 4 aromatic rings. The number of esters is 1. The van der Waals surface area contributed by atoms with Crippen LogP contribution in [0.1, 0.15) is 37.0 Å². The van der Waals surface area contributed by atoms with Gasteiger partial charge in [0.25, 0.3) is 5.56 Å². The first-order valence-electron chi connectivity index (χ1n) is 10.7. The lowest BCUT2D eigenvalue weighted by atomic mass is 9.91. The van der Waals surface area contributed by atoms with Crippen LogP contribution in [0.25, 0.3) is 16.8 Å². The average Bonchev–Trinajstić information content (AvgIpc) is 3.35. The largest absolute Gasteiger partial charge is 0.463 e. The summed E-state index contributed by atoms with van der Waals surface area (Å²) in [5, 5.41) is 2.00. The summed E-state index contributed by atoms with van der Waals surface area (Å²) in [4.78, 5) is 31.9. The fraction of sp³-hybridized carbons (Fsp3) is 0.192. The summed E-state index contributed by atoms with van der Waals surface area (Å²) < 4.78 is 13.1. The highest BCUT2D eigenvalue weighted by atomic mass is 32.1. The Morgan fingerprint density at radius 1 is 1.15 bits per heavy atom. The molecule has 3 heterocycles. The lowest BCUT2D eigenvalue weighted by Crippen LogP contribution is -2.40. The number of nitrogens with zero attached hydrogens (tertiary/aromatic N) is 2. The van der Waals surface area contributed by atoms with Crippen LogP contribution in [0.4, 0.5) is 0 Å². The fourth-order valence-corrected chi connectivity index (χ4v) is 5.26. The Kier molecular flexibility index (Phi) is 5.34. The molecule has 0 aliphatic carbocycles. The van der Waals surface area contributed by atoms with Crippen LogP contribution >= 0.6 is 11.3 Å². The number of aryl methyl sites for hydroxylation is 1. The van der Waals surface area contributed by atoms with Gasteiger partial charge in [0.05, 0.1) is 28.5 Å². The van der Waals surface area contributed by atoms with E-state index in [0.29, 0.717) is 26.4 Å². The number of thiazole rings is 1. The van der Waals surface area contributed by atoms with Crippen molar-refractivity contribution < 1.29 is 13.9 Å². The first kappa shape index (κ1) is 21.2. The Balaban J connectivity index is 1.81. The van der Waals surface area contributed by atoms with E-state index in [4.69, 9.17) is 9.15 Å². The number of benzene rings is 2. The van der Waals surface area contributed by atoms with Crippen molar-refractivity contribution in [3.8, 4) is 0 Å². The molecule has 0 amide bonds. The van der Waals surface area contributed by atoms with E-state index in [1.807, 2.05) is 61.5 Å². The van der Waals surface area contributed by atoms with Crippen LogP contribution in [0.5, 0.6) is 0 Å². The van der Waals surface area contributed by atoms with Crippen LogP contribution in [-0.2, 0) is 9.53 Å². The normalized spacial score (nSPS) is 16.1. The lowest BCUT2D eigenvalue weighted by Gasteiger charge is -2.25. The molecule has 5 rings (SSSR count). The molecule has 0 saturated carbocycles. The monoisotopic (exact) mass is 458 g/mol. The van der Waals surface area contributed by atoms with E-state index in [0.717, 1.165) is 22.1 Å². The quantitative estimate of drug-likeness (QED) is 0.436. The maximum atomic E-state index is 13.6. The molecule has 6 nitrogen and oxygen atoms in total. The van der Waals surface area contributed by atoms with Crippen LogP contribution in [0.15, 0.2) is 80.1 Å². The molecule has 0 saturated heterocycles. The molecule has 33 heavy (non-hydrogen) atoms. The Bertz CT molecular complexity index is 1600. The van der Waals surface area contributed by atoms with Gasteiger partial charge >= 0.3 is 5.97 Å². The smallest absolute Gasteiger partial charge is 0.338 e. The molecular formula is C26H22N2O4S. The second-order valence-corrected chi connectivity index (χ2v) is 8.83. The van der Waals surface area contributed by atoms with Gasteiger partial charge in [-0.1, -0.05) is 53.8 Å². The predicted molar refractivity (Wildman–Crippen MR) is 128 cm³/mol. The minimum atomic E-state index is -0.646. The van der Waals surface area contributed by atoms with Crippen LogP contribution in [-0.4, -0.2) is 17.1 Å². The van der Waals surface area contributed by atoms with Gasteiger partial charge in [0.15, 0.2) is 4.80 Å². The number of carbonyl (C=O) groups is 1. The summed E-state index contributed by atoms with van der Waals surface area (Å²) in [6.45, 7) is 5.65. The van der Waals surface area contributed by atoms with Crippen molar-refractivity contribution in [2.24, 2.45) is 4.99 Å². The molecule has 0 N–H and O–H groups in total. The molecule has 1 unspecified atom stereocenters. The molecular weight excluding hydrogens is 436 g/mol. The van der Waals surface area contributed by atoms with Crippen molar-refractivity contribution in [2.75, 3.05) is 6.61 Å². The molecule has 0 spiro atoms. The van der Waals surface area contributed by atoms with Gasteiger partial charge in [-0.05, 0) is 49.2 Å². The third-order valence-corrected chi connectivity index (χ3v) is 6.65. The Morgan fingerprint density at radius 3 is 2.70 bits per heavy atom. The van der Waals surface area contributed by atoms with Crippen molar-refractivity contribution in [2.45, 2.75) is 26.8 Å². The third-order valence-electron chi connectivity index (χ3n) is 5.67. The van der Waals surface area contributed by atoms with Gasteiger partial charge in [-0.15, -0.1) is 0 Å². The first-order chi connectivity index (χ1) is 16.0. The topological polar surface area (TPSA) is 73.8 Å². The van der Waals surface area contributed by atoms with E-state index in [1.54, 1.807) is 24.5 Å². The zero-order valence-electron chi connectivity index (χ0n) is 18.5. The lowest BCUT2D eigenvalue weighted by molar-refractivity contribution is -0.139. The first-order valence-corrected chi connectivity index (χ1v) is 11.5. The number of aromatic nitrogens is 1. The number of hydrogen-bond acceptors (Lipinski definition) is 6. The maximum absolute atomic E-state index is 13.6. The van der Waals surface area contributed by atoms with Gasteiger partial charge in [0.1, 0.15) is 11.5 Å². The molecule has 2 aromatic carbocycles. The van der Waals surface area contributed by atoms with Crippen molar-refractivity contribution in [1.29, 1.82) is 0 Å². The molecule has 0 bridgehead atoms. The van der Waals surface area contributed by atoms with Gasteiger partial charge < -0.3 is 9.15 Å². The number of rotatable bonds is 4. The number of allylic oxidation sites excluding steroid dienone is 1. The summed E-state index contributed by atoms with van der Waals surface area (Å²) in [6, 6.07) is 16.9. The van der Waals surface area contributed by atoms with E-state index < -0.39 is 12.0 Å². The number of carbonyl (C=O) groups excluding carboxylic acids is 1. The highest BCUT2D eigenvalue weighted by Gasteiger charge is 2.34. The van der Waals surface area contributed by atoms with Gasteiger partial charge in [-0.3, -0.25) is 9.36 Å². The van der Waals surface area contributed by atoms with E-state index in [-0.39, 0.29) is 12.2 Å². The molecule has 0 radical (unpaired) electrons. The van der Waals surface area contributed by atoms with E-state index in [2.05, 4.69) is 4.99 Å². The fourth-order valence-electron chi connectivity index (χ4n) is 4.23. The van der Waals surface area contributed by atoms with Crippen LogP contribution in [0, 0.1) is 6.92 Å². The molecule has 1 atom stereocenters. The van der Waals surface area contributed by atoms with Crippen molar-refractivity contribution in [3.63, 3.8) is 0 Å². The van der Waals surface area contributed by atoms with E-state index in [9.17, 15) is 9.59 Å². The molecule has 7 heteroatoms. The zero-order valence-corrected chi connectivity index (χ0v) is 19.3. The zero-order chi connectivity index (χ0) is 23.1. The SMILES string of the molecule is CCOC(=O)C1=C(C)N=c2s/c(=C\c3ccc(C)o3)c(=O)n2C1c1cccc2ccccc12. The number of ether oxygens (including phenoxy) is 1. The Morgan fingerprint density at radius 2 is 1.94 bits per heavy atom. The van der Waals surface area contributed by atoms with Crippen molar-refractivity contribution in [1.82, 2.24) is 4.57 Å². The van der Waals surface area contributed by atoms with Crippen molar-refractivity contribution in [3.05, 3.63) is 103 Å². The number of furan rings is 1. The molecule has 2 aromatic heterocycles. The Hall–Kier alpha value is -3.71. The molecule has 0 fully saturated rings. The molecule has 166 valence electrons. The summed E-state index contributed by atoms with van der Waals surface area (Å²) in [5.41, 5.74) is 1.56. The van der Waals surface area contributed by atoms with Gasteiger partial charge in [0.2, 0.25) is 0 Å². The molecule has 1 aliphatic rings. The van der Waals surface area contributed by atoms with Crippen LogP contribution < -0.4 is 14.9 Å². The summed E-state index contributed by atoms with van der Waals surface area (Å²) in [6.07, 6.45) is 1.72. The summed E-state index contributed by atoms with van der Waals surface area (Å²) in [5.74, 6) is 0.900. The average molecular weight is 459 g/mol. The Labute approximate surface area is 193 Å². The highest BCUT2D eigenvalue weighted by Crippen LogP contribution is 2.34. The van der Waals surface area contributed by atoms with Crippen LogP contribution in [0.3, 0.4) is 0 Å².